The van der Waals surface area contributed by atoms with Crippen LogP contribution in [-0.2, 0) is 4.79 Å². The molecule has 0 radical (unpaired) electrons. The zero-order valence-corrected chi connectivity index (χ0v) is 15.4. The highest BCUT2D eigenvalue weighted by Crippen LogP contribution is 2.61. The van der Waals surface area contributed by atoms with Crippen LogP contribution in [-0.4, -0.2) is 51.6 Å². The molecule has 25 heavy (non-hydrogen) atoms. The molecule has 0 saturated heterocycles. The van der Waals surface area contributed by atoms with Crippen LogP contribution in [0.25, 0.3) is 0 Å². The van der Waals surface area contributed by atoms with Gasteiger partial charge in [-0.05, 0) is 55.3 Å². The van der Waals surface area contributed by atoms with Crippen molar-refractivity contribution in [2.75, 3.05) is 19.8 Å². The number of aliphatic hydroxyl groups excluding tert-OH is 3. The van der Waals surface area contributed by atoms with Gasteiger partial charge in [0.2, 0.25) is 0 Å². The molecule has 0 spiro atoms. The van der Waals surface area contributed by atoms with Crippen molar-refractivity contribution < 1.29 is 25.2 Å². The maximum atomic E-state index is 12.5. The van der Waals surface area contributed by atoms with E-state index >= 15 is 0 Å². The summed E-state index contributed by atoms with van der Waals surface area (Å²) in [6, 6.07) is 0. The number of Topliss-reactive ketones (excluding diaryl/α,β-unsaturated/α-hetero) is 1. The maximum absolute atomic E-state index is 12.5. The Hall–Kier alpha value is -0.750. The molecule has 3 aliphatic rings. The van der Waals surface area contributed by atoms with Gasteiger partial charge in [0, 0.05) is 6.42 Å². The van der Waals surface area contributed by atoms with E-state index in [0.717, 1.165) is 25.7 Å². The average Bonchev–Trinajstić information content (AvgIpc) is 2.64. The van der Waals surface area contributed by atoms with Crippen LogP contribution in [0.4, 0.5) is 0 Å². The Balaban J connectivity index is 1.90. The highest BCUT2D eigenvalue weighted by Gasteiger charge is 2.58. The fourth-order valence-electron chi connectivity index (χ4n) is 6.01. The lowest BCUT2D eigenvalue weighted by molar-refractivity contribution is -0.152. The predicted octanol–water partition coefficient (Wildman–Crippen LogP) is 1.43. The summed E-state index contributed by atoms with van der Waals surface area (Å²) >= 11 is 0. The Morgan fingerprint density at radius 1 is 1.20 bits per heavy atom. The van der Waals surface area contributed by atoms with Gasteiger partial charge in [-0.3, -0.25) is 4.79 Å². The lowest BCUT2D eigenvalue weighted by Gasteiger charge is -2.58. The fraction of sp³-hybridized carbons (Fsp3) is 0.850. The van der Waals surface area contributed by atoms with Gasteiger partial charge in [-0.15, -0.1) is 0 Å². The number of hydrogen-bond donors (Lipinski definition) is 4. The summed E-state index contributed by atoms with van der Waals surface area (Å²) in [5, 5.41) is 39.5. The molecule has 0 bridgehead atoms. The van der Waals surface area contributed by atoms with Crippen LogP contribution >= 0.6 is 0 Å². The summed E-state index contributed by atoms with van der Waals surface area (Å²) in [4.78, 5) is 12.5. The standard InChI is InChI=1S/C20H32O5/c1-18-8-7-17(24)19(2,10-21)16(18)6-3-13-9-14(4-5-15(13)18)20(25,11-22)12-23/h3,14-16,21-23,25H,4-12H2,1-2H3/t14-,15-,16+,18+,19+/m1/s1. The molecule has 0 amide bonds. The summed E-state index contributed by atoms with van der Waals surface area (Å²) in [7, 11) is 0. The van der Waals surface area contributed by atoms with Crippen molar-refractivity contribution in [2.24, 2.45) is 28.6 Å². The minimum Gasteiger partial charge on any atom is -0.395 e. The quantitative estimate of drug-likeness (QED) is 0.574. The molecule has 0 aliphatic heterocycles. The van der Waals surface area contributed by atoms with Crippen LogP contribution in [0, 0.1) is 28.6 Å². The molecule has 5 nitrogen and oxygen atoms in total. The first-order valence-corrected chi connectivity index (χ1v) is 9.52. The topological polar surface area (TPSA) is 98.0 Å². The first-order valence-electron chi connectivity index (χ1n) is 9.52. The molecule has 0 heterocycles. The van der Waals surface area contributed by atoms with Gasteiger partial charge in [0.25, 0.3) is 0 Å². The number of hydrogen-bond acceptors (Lipinski definition) is 5. The Labute approximate surface area is 149 Å². The third kappa shape index (κ3) is 2.71. The first kappa shape index (κ1) is 19.0. The van der Waals surface area contributed by atoms with Crippen molar-refractivity contribution in [1.82, 2.24) is 0 Å². The van der Waals surface area contributed by atoms with Crippen LogP contribution in [0.1, 0.15) is 52.4 Å². The second kappa shape index (κ2) is 6.45. The summed E-state index contributed by atoms with van der Waals surface area (Å²) in [6.45, 7) is 3.23. The highest BCUT2D eigenvalue weighted by atomic mass is 16.4. The minimum absolute atomic E-state index is 0.0169. The summed E-state index contributed by atoms with van der Waals surface area (Å²) in [5.74, 6) is 0.534. The zero-order chi connectivity index (χ0) is 18.5. The van der Waals surface area contributed by atoms with Crippen LogP contribution < -0.4 is 0 Å². The zero-order valence-electron chi connectivity index (χ0n) is 15.4. The molecular formula is C20H32O5. The van der Waals surface area contributed by atoms with Crippen LogP contribution in [0.3, 0.4) is 0 Å². The summed E-state index contributed by atoms with van der Waals surface area (Å²) in [6.07, 6.45) is 6.68. The van der Waals surface area contributed by atoms with E-state index in [1.807, 2.05) is 6.92 Å². The molecule has 0 aromatic heterocycles. The number of aliphatic hydroxyl groups is 4. The van der Waals surface area contributed by atoms with E-state index in [0.29, 0.717) is 18.8 Å². The maximum Gasteiger partial charge on any atom is 0.141 e. The molecule has 5 heteroatoms. The number of fused-ring (bicyclic) bond motifs is 3. The number of carbonyl (C=O) groups excluding carboxylic acids is 1. The molecule has 0 aromatic carbocycles. The van der Waals surface area contributed by atoms with Gasteiger partial charge < -0.3 is 20.4 Å². The van der Waals surface area contributed by atoms with E-state index in [9.17, 15) is 25.2 Å². The molecule has 3 aliphatic carbocycles. The lowest BCUT2D eigenvalue weighted by atomic mass is 9.46. The van der Waals surface area contributed by atoms with Crippen molar-refractivity contribution in [3.63, 3.8) is 0 Å². The summed E-state index contributed by atoms with van der Waals surface area (Å²) < 4.78 is 0. The molecule has 4 N–H and O–H groups in total. The van der Waals surface area contributed by atoms with E-state index in [-0.39, 0.29) is 29.6 Å². The third-order valence-corrected chi connectivity index (χ3v) is 7.87. The van der Waals surface area contributed by atoms with E-state index in [1.165, 1.54) is 5.57 Å². The predicted molar refractivity (Wildman–Crippen MR) is 93.7 cm³/mol. The SMILES string of the molecule is C[C@@]12CCC(=O)[C@@](C)(CO)[C@H]1CC=C1C[C@H](C(O)(CO)CO)CC[C@H]12. The fourth-order valence-corrected chi connectivity index (χ4v) is 6.01. The van der Waals surface area contributed by atoms with Gasteiger partial charge >= 0.3 is 0 Å². The number of rotatable bonds is 4. The Morgan fingerprint density at radius 2 is 1.88 bits per heavy atom. The van der Waals surface area contributed by atoms with Gasteiger partial charge in [0.15, 0.2) is 0 Å². The average molecular weight is 352 g/mol. The second-order valence-corrected chi connectivity index (χ2v) is 9.02. The van der Waals surface area contributed by atoms with Crippen molar-refractivity contribution in [3.8, 4) is 0 Å². The van der Waals surface area contributed by atoms with Gasteiger partial charge in [-0.2, -0.15) is 0 Å². The van der Waals surface area contributed by atoms with E-state index in [4.69, 9.17) is 0 Å². The monoisotopic (exact) mass is 352 g/mol. The van der Waals surface area contributed by atoms with Crippen LogP contribution in [0.2, 0.25) is 0 Å². The van der Waals surface area contributed by atoms with Crippen molar-refractivity contribution in [1.29, 1.82) is 0 Å². The smallest absolute Gasteiger partial charge is 0.141 e. The van der Waals surface area contributed by atoms with E-state index < -0.39 is 24.2 Å². The summed E-state index contributed by atoms with van der Waals surface area (Å²) in [5.41, 5.74) is -0.809. The molecule has 0 unspecified atom stereocenters. The second-order valence-electron chi connectivity index (χ2n) is 9.02. The number of carbonyl (C=O) groups is 1. The largest absolute Gasteiger partial charge is 0.395 e. The molecule has 0 aromatic rings. The van der Waals surface area contributed by atoms with Crippen molar-refractivity contribution >= 4 is 5.78 Å². The minimum atomic E-state index is -1.42. The molecular weight excluding hydrogens is 320 g/mol. The Morgan fingerprint density at radius 3 is 2.48 bits per heavy atom. The third-order valence-electron chi connectivity index (χ3n) is 7.87. The van der Waals surface area contributed by atoms with Gasteiger partial charge in [-0.25, -0.2) is 0 Å². The van der Waals surface area contributed by atoms with E-state index in [1.54, 1.807) is 0 Å². The van der Waals surface area contributed by atoms with Crippen molar-refractivity contribution in [3.05, 3.63) is 11.6 Å². The first-order chi connectivity index (χ1) is 11.7. The number of ketones is 1. The molecule has 3 rings (SSSR count). The number of allylic oxidation sites excluding steroid dienone is 2. The molecule has 142 valence electrons. The van der Waals surface area contributed by atoms with Crippen LogP contribution in [0.5, 0.6) is 0 Å². The van der Waals surface area contributed by atoms with Gasteiger partial charge in [-0.1, -0.05) is 25.5 Å². The Bertz CT molecular complexity index is 566. The van der Waals surface area contributed by atoms with Gasteiger partial charge in [0.1, 0.15) is 11.4 Å². The Kier molecular flexibility index (Phi) is 4.91. The van der Waals surface area contributed by atoms with Crippen molar-refractivity contribution in [2.45, 2.75) is 58.0 Å². The van der Waals surface area contributed by atoms with E-state index in [2.05, 4.69) is 13.0 Å². The molecule has 2 saturated carbocycles. The lowest BCUT2D eigenvalue weighted by Crippen LogP contribution is -2.56. The molecule has 2 fully saturated rings. The normalized spacial score (nSPS) is 41.8. The van der Waals surface area contributed by atoms with Gasteiger partial charge in [0.05, 0.1) is 25.2 Å². The van der Waals surface area contributed by atoms with Crippen LogP contribution in [0.15, 0.2) is 11.6 Å². The highest BCUT2D eigenvalue weighted by molar-refractivity contribution is 5.86. The molecule has 5 atom stereocenters.